The molecule has 0 aliphatic heterocycles. The van der Waals surface area contributed by atoms with Crippen LogP contribution in [0.2, 0.25) is 0 Å². The second-order valence-corrected chi connectivity index (χ2v) is 5.52. The Kier molecular flexibility index (Phi) is 5.20. The topological polar surface area (TPSA) is 47.3 Å². The Morgan fingerprint density at radius 2 is 2.20 bits per heavy atom. The fourth-order valence-corrected chi connectivity index (χ4v) is 2.78. The van der Waals surface area contributed by atoms with E-state index >= 15 is 0 Å². The highest BCUT2D eigenvalue weighted by molar-refractivity contribution is 9.10. The quantitative estimate of drug-likeness (QED) is 0.878. The lowest BCUT2D eigenvalue weighted by Gasteiger charge is -2.14. The molecule has 1 atom stereocenters. The second kappa shape index (κ2) is 6.90. The minimum absolute atomic E-state index is 0.552. The van der Waals surface area contributed by atoms with Crippen LogP contribution in [0.5, 0.6) is 5.75 Å². The molecule has 108 valence electrons. The van der Waals surface area contributed by atoms with E-state index in [2.05, 4.69) is 28.0 Å². The number of benzene rings is 1. The summed E-state index contributed by atoms with van der Waals surface area (Å²) in [5, 5.41) is 14.6. The van der Waals surface area contributed by atoms with Gasteiger partial charge in [0.2, 0.25) is 0 Å². The van der Waals surface area contributed by atoms with Crippen molar-refractivity contribution in [3.8, 4) is 5.75 Å². The summed E-state index contributed by atoms with van der Waals surface area (Å²) in [6, 6.07) is 7.71. The summed E-state index contributed by atoms with van der Waals surface area (Å²) in [5.74, 6) is 0.791. The molecule has 0 bridgehead atoms. The molecule has 2 aromatic rings. The van der Waals surface area contributed by atoms with Gasteiger partial charge in [0.1, 0.15) is 5.75 Å². The molecule has 0 amide bonds. The zero-order chi connectivity index (χ0) is 14.5. The van der Waals surface area contributed by atoms with Crippen LogP contribution < -0.4 is 4.74 Å². The third-order valence-corrected chi connectivity index (χ3v) is 3.79. The van der Waals surface area contributed by atoms with Crippen molar-refractivity contribution in [2.45, 2.75) is 32.4 Å². The first-order valence-corrected chi connectivity index (χ1v) is 7.47. The maximum absolute atomic E-state index is 10.4. The predicted octanol–water partition coefficient (Wildman–Crippen LogP) is 3.34. The van der Waals surface area contributed by atoms with Crippen LogP contribution in [0.3, 0.4) is 0 Å². The van der Waals surface area contributed by atoms with Crippen molar-refractivity contribution < 1.29 is 9.84 Å². The van der Waals surface area contributed by atoms with Gasteiger partial charge in [-0.05, 0) is 46.1 Å². The van der Waals surface area contributed by atoms with Crippen molar-refractivity contribution in [1.82, 2.24) is 9.78 Å². The first-order chi connectivity index (χ1) is 9.65. The monoisotopic (exact) mass is 338 g/mol. The molecule has 0 radical (unpaired) electrons. The highest BCUT2D eigenvalue weighted by Crippen LogP contribution is 2.27. The summed E-state index contributed by atoms with van der Waals surface area (Å²) in [4.78, 5) is 0. The van der Waals surface area contributed by atoms with Gasteiger partial charge < -0.3 is 9.84 Å². The van der Waals surface area contributed by atoms with E-state index in [0.717, 1.165) is 34.4 Å². The van der Waals surface area contributed by atoms with Gasteiger partial charge in [0.25, 0.3) is 0 Å². The molecular weight excluding hydrogens is 320 g/mol. The smallest absolute Gasteiger partial charge is 0.133 e. The highest BCUT2D eigenvalue weighted by atomic mass is 79.9. The van der Waals surface area contributed by atoms with Crippen molar-refractivity contribution in [2.24, 2.45) is 0 Å². The van der Waals surface area contributed by atoms with Crippen molar-refractivity contribution in [3.63, 3.8) is 0 Å². The molecule has 0 spiro atoms. The summed E-state index contributed by atoms with van der Waals surface area (Å²) in [5.41, 5.74) is 1.91. The lowest BCUT2D eigenvalue weighted by atomic mass is 10.1. The van der Waals surface area contributed by atoms with Gasteiger partial charge in [0.05, 0.1) is 23.4 Å². The van der Waals surface area contributed by atoms with E-state index in [0.29, 0.717) is 6.42 Å². The Morgan fingerprint density at radius 1 is 1.40 bits per heavy atom. The fraction of sp³-hybridized carbons (Fsp3) is 0.400. The Bertz CT molecular complexity index is 569. The molecule has 0 saturated heterocycles. The average Bonchev–Trinajstić information content (AvgIpc) is 2.88. The SMILES string of the molecule is CCCn1nccc1C(O)Cc1ccc(OC)c(Br)c1. The average molecular weight is 339 g/mol. The molecule has 4 nitrogen and oxygen atoms in total. The van der Waals surface area contributed by atoms with Crippen molar-refractivity contribution >= 4 is 15.9 Å². The maximum atomic E-state index is 10.4. The van der Waals surface area contributed by atoms with Crippen molar-refractivity contribution in [2.75, 3.05) is 7.11 Å². The van der Waals surface area contributed by atoms with E-state index < -0.39 is 6.10 Å². The lowest BCUT2D eigenvalue weighted by Crippen LogP contribution is -2.11. The molecule has 0 aliphatic carbocycles. The number of aliphatic hydroxyl groups is 1. The first kappa shape index (κ1) is 15.1. The van der Waals surface area contributed by atoms with E-state index in [9.17, 15) is 5.11 Å². The number of hydrogen-bond donors (Lipinski definition) is 1. The van der Waals surface area contributed by atoms with Crippen LogP contribution in [0.1, 0.15) is 30.7 Å². The summed E-state index contributed by atoms with van der Waals surface area (Å²) < 4.78 is 7.96. The molecule has 0 saturated carbocycles. The van der Waals surface area contributed by atoms with Crippen LogP contribution >= 0.6 is 15.9 Å². The number of halogens is 1. The van der Waals surface area contributed by atoms with E-state index in [1.807, 2.05) is 28.9 Å². The van der Waals surface area contributed by atoms with Crippen LogP contribution in [0, 0.1) is 0 Å². The molecule has 5 heteroatoms. The number of rotatable bonds is 6. The second-order valence-electron chi connectivity index (χ2n) is 4.67. The zero-order valence-corrected chi connectivity index (χ0v) is 13.3. The summed E-state index contributed by atoms with van der Waals surface area (Å²) >= 11 is 3.46. The van der Waals surface area contributed by atoms with Gasteiger partial charge in [0.15, 0.2) is 0 Å². The summed E-state index contributed by atoms with van der Waals surface area (Å²) in [7, 11) is 1.64. The molecule has 1 N–H and O–H groups in total. The van der Waals surface area contributed by atoms with Gasteiger partial charge in [-0.25, -0.2) is 0 Å². The van der Waals surface area contributed by atoms with Gasteiger partial charge in [-0.2, -0.15) is 5.10 Å². The number of methoxy groups -OCH3 is 1. The minimum atomic E-state index is -0.552. The van der Waals surface area contributed by atoms with Crippen LogP contribution in [-0.2, 0) is 13.0 Å². The molecule has 1 aromatic heterocycles. The van der Waals surface area contributed by atoms with E-state index in [1.165, 1.54) is 0 Å². The summed E-state index contributed by atoms with van der Waals surface area (Å²) in [6.45, 7) is 2.92. The molecule has 1 unspecified atom stereocenters. The normalized spacial score (nSPS) is 12.4. The lowest BCUT2D eigenvalue weighted by molar-refractivity contribution is 0.166. The first-order valence-electron chi connectivity index (χ1n) is 6.68. The van der Waals surface area contributed by atoms with Crippen LogP contribution in [0.15, 0.2) is 34.9 Å². The van der Waals surface area contributed by atoms with E-state index in [4.69, 9.17) is 4.74 Å². The van der Waals surface area contributed by atoms with E-state index in [-0.39, 0.29) is 0 Å². The predicted molar refractivity (Wildman–Crippen MR) is 81.9 cm³/mol. The third-order valence-electron chi connectivity index (χ3n) is 3.17. The minimum Gasteiger partial charge on any atom is -0.496 e. The van der Waals surface area contributed by atoms with Crippen LogP contribution in [-0.4, -0.2) is 22.0 Å². The highest BCUT2D eigenvalue weighted by Gasteiger charge is 2.14. The van der Waals surface area contributed by atoms with Gasteiger partial charge in [-0.15, -0.1) is 0 Å². The molecular formula is C15H19BrN2O2. The Balaban J connectivity index is 2.12. The standard InChI is InChI=1S/C15H19BrN2O2/c1-3-8-18-13(6-7-17-18)14(19)10-11-4-5-15(20-2)12(16)9-11/h4-7,9,14,19H,3,8,10H2,1-2H3. The Hall–Kier alpha value is -1.33. The number of aliphatic hydroxyl groups excluding tert-OH is 1. The van der Waals surface area contributed by atoms with Gasteiger partial charge >= 0.3 is 0 Å². The summed E-state index contributed by atoms with van der Waals surface area (Å²) in [6.07, 6.45) is 2.73. The third kappa shape index (κ3) is 3.41. The van der Waals surface area contributed by atoms with Gasteiger partial charge in [-0.3, -0.25) is 4.68 Å². The largest absolute Gasteiger partial charge is 0.496 e. The zero-order valence-electron chi connectivity index (χ0n) is 11.7. The number of aryl methyl sites for hydroxylation is 1. The van der Waals surface area contributed by atoms with Crippen LogP contribution in [0.4, 0.5) is 0 Å². The number of nitrogens with zero attached hydrogens (tertiary/aromatic N) is 2. The number of hydrogen-bond acceptors (Lipinski definition) is 3. The number of aromatic nitrogens is 2. The van der Waals surface area contributed by atoms with Crippen LogP contribution in [0.25, 0.3) is 0 Å². The van der Waals surface area contributed by atoms with Crippen molar-refractivity contribution in [1.29, 1.82) is 0 Å². The van der Waals surface area contributed by atoms with E-state index in [1.54, 1.807) is 13.3 Å². The van der Waals surface area contributed by atoms with Crippen molar-refractivity contribution in [3.05, 3.63) is 46.2 Å². The number of ether oxygens (including phenoxy) is 1. The fourth-order valence-electron chi connectivity index (χ4n) is 2.19. The molecule has 0 aliphatic rings. The maximum Gasteiger partial charge on any atom is 0.133 e. The molecule has 1 aromatic carbocycles. The van der Waals surface area contributed by atoms with Gasteiger partial charge in [-0.1, -0.05) is 13.0 Å². The van der Waals surface area contributed by atoms with Gasteiger partial charge in [0, 0.05) is 19.2 Å². The molecule has 1 heterocycles. The Morgan fingerprint density at radius 3 is 2.85 bits per heavy atom. The molecule has 2 rings (SSSR count). The molecule has 20 heavy (non-hydrogen) atoms. The molecule has 0 fully saturated rings. The Labute approximate surface area is 127 Å².